The second kappa shape index (κ2) is 5.49. The van der Waals surface area contributed by atoms with Gasteiger partial charge in [-0.25, -0.2) is 4.98 Å². The fourth-order valence-electron chi connectivity index (χ4n) is 1.94. The van der Waals surface area contributed by atoms with E-state index in [1.54, 1.807) is 0 Å². The van der Waals surface area contributed by atoms with Crippen LogP contribution >= 0.6 is 0 Å². The molecular weight excluding hydrogens is 250 g/mol. The van der Waals surface area contributed by atoms with Gasteiger partial charge in [-0.3, -0.25) is 4.79 Å². The fourth-order valence-corrected chi connectivity index (χ4v) is 1.94. The average molecular weight is 271 g/mol. The van der Waals surface area contributed by atoms with E-state index in [2.05, 4.69) is 36.4 Å². The first-order valence-electron chi connectivity index (χ1n) is 6.76. The fraction of sp³-hybridized carbons (Fsp3) is 0.375. The molecule has 0 saturated heterocycles. The lowest BCUT2D eigenvalue weighted by Crippen LogP contribution is -2.32. The van der Waals surface area contributed by atoms with Crippen LogP contribution in [0.15, 0.2) is 30.3 Å². The van der Waals surface area contributed by atoms with Crippen LogP contribution in [0.3, 0.4) is 0 Å². The molecule has 0 spiro atoms. The summed E-state index contributed by atoms with van der Waals surface area (Å²) in [5, 5.41) is 8.00. The van der Waals surface area contributed by atoms with E-state index >= 15 is 0 Å². The average Bonchev–Trinajstić information content (AvgIpc) is 2.42. The third-order valence-electron chi connectivity index (χ3n) is 2.99. The molecule has 0 aliphatic carbocycles. The molecule has 1 aromatic carbocycles. The number of aromatic nitrogens is 1. The predicted molar refractivity (Wildman–Crippen MR) is 83.1 cm³/mol. The van der Waals surface area contributed by atoms with Crippen molar-refractivity contribution in [1.82, 2.24) is 10.3 Å². The van der Waals surface area contributed by atoms with Gasteiger partial charge in [-0.2, -0.15) is 0 Å². The summed E-state index contributed by atoms with van der Waals surface area (Å²) < 4.78 is 0. The number of benzene rings is 1. The maximum absolute atomic E-state index is 12.2. The second-order valence-electron chi connectivity index (χ2n) is 6.07. The molecule has 4 nitrogen and oxygen atoms in total. The van der Waals surface area contributed by atoms with E-state index in [-0.39, 0.29) is 11.3 Å². The lowest BCUT2D eigenvalue weighted by Gasteiger charge is -2.18. The largest absolute Gasteiger partial charge is 0.373 e. The van der Waals surface area contributed by atoms with Crippen LogP contribution in [-0.4, -0.2) is 24.5 Å². The van der Waals surface area contributed by atoms with Gasteiger partial charge in [0.25, 0.3) is 5.91 Å². The molecule has 0 atom stereocenters. The summed E-state index contributed by atoms with van der Waals surface area (Å²) in [4.78, 5) is 16.6. The van der Waals surface area contributed by atoms with Gasteiger partial charge in [0, 0.05) is 19.0 Å². The van der Waals surface area contributed by atoms with Crippen molar-refractivity contribution in [3.05, 3.63) is 36.0 Å². The molecule has 2 aromatic rings. The topological polar surface area (TPSA) is 54.0 Å². The smallest absolute Gasteiger partial charge is 0.270 e. The van der Waals surface area contributed by atoms with E-state index in [0.29, 0.717) is 12.2 Å². The minimum atomic E-state index is -0.137. The summed E-state index contributed by atoms with van der Waals surface area (Å²) in [6, 6.07) is 9.72. The van der Waals surface area contributed by atoms with Gasteiger partial charge in [0.2, 0.25) is 0 Å². The zero-order valence-corrected chi connectivity index (χ0v) is 12.4. The van der Waals surface area contributed by atoms with Crippen LogP contribution in [0.4, 0.5) is 5.82 Å². The second-order valence-corrected chi connectivity index (χ2v) is 6.07. The van der Waals surface area contributed by atoms with Gasteiger partial charge < -0.3 is 10.6 Å². The Morgan fingerprint density at radius 3 is 2.60 bits per heavy atom. The number of anilines is 1. The monoisotopic (exact) mass is 271 g/mol. The highest BCUT2D eigenvalue weighted by Crippen LogP contribution is 2.22. The first kappa shape index (κ1) is 14.3. The first-order valence-corrected chi connectivity index (χ1v) is 6.76. The molecule has 0 saturated carbocycles. The van der Waals surface area contributed by atoms with Crippen LogP contribution in [0.2, 0.25) is 0 Å². The van der Waals surface area contributed by atoms with E-state index in [1.807, 2.05) is 37.4 Å². The summed E-state index contributed by atoms with van der Waals surface area (Å²) in [7, 11) is 1.81. The number of hydrogen-bond acceptors (Lipinski definition) is 3. The summed E-state index contributed by atoms with van der Waals surface area (Å²) >= 11 is 0. The number of rotatable bonds is 3. The van der Waals surface area contributed by atoms with E-state index in [1.165, 1.54) is 0 Å². The van der Waals surface area contributed by atoms with Crippen molar-refractivity contribution in [2.75, 3.05) is 18.9 Å². The molecule has 20 heavy (non-hydrogen) atoms. The number of amides is 1. The van der Waals surface area contributed by atoms with Crippen molar-refractivity contribution in [2.24, 2.45) is 5.41 Å². The maximum Gasteiger partial charge on any atom is 0.270 e. The molecule has 1 heterocycles. The van der Waals surface area contributed by atoms with Gasteiger partial charge in [0.05, 0.1) is 0 Å². The normalized spacial score (nSPS) is 11.4. The summed E-state index contributed by atoms with van der Waals surface area (Å²) in [6.45, 7) is 6.87. The molecule has 0 bridgehead atoms. The maximum atomic E-state index is 12.2. The Kier molecular flexibility index (Phi) is 3.93. The first-order chi connectivity index (χ1) is 9.40. The number of nitrogens with one attached hydrogen (secondary N) is 2. The van der Waals surface area contributed by atoms with Crippen molar-refractivity contribution in [1.29, 1.82) is 0 Å². The van der Waals surface area contributed by atoms with Crippen LogP contribution < -0.4 is 10.6 Å². The number of nitrogens with zero attached hydrogens (tertiary/aromatic N) is 1. The quantitative estimate of drug-likeness (QED) is 0.902. The Morgan fingerprint density at radius 1 is 1.25 bits per heavy atom. The Hall–Kier alpha value is -2.10. The molecule has 2 N–H and O–H groups in total. The molecule has 1 aromatic heterocycles. The van der Waals surface area contributed by atoms with E-state index in [0.717, 1.165) is 16.6 Å². The van der Waals surface area contributed by atoms with Crippen molar-refractivity contribution in [3.8, 4) is 0 Å². The highest BCUT2D eigenvalue weighted by Gasteiger charge is 2.15. The van der Waals surface area contributed by atoms with E-state index < -0.39 is 0 Å². The van der Waals surface area contributed by atoms with Crippen LogP contribution in [-0.2, 0) is 0 Å². The minimum absolute atomic E-state index is 0.0539. The number of carbonyl (C=O) groups excluding carboxylic acids is 1. The number of carbonyl (C=O) groups is 1. The van der Waals surface area contributed by atoms with Crippen LogP contribution in [0.5, 0.6) is 0 Å². The van der Waals surface area contributed by atoms with Gasteiger partial charge in [-0.15, -0.1) is 0 Å². The highest BCUT2D eigenvalue weighted by atomic mass is 16.1. The van der Waals surface area contributed by atoms with Gasteiger partial charge in [0.1, 0.15) is 11.5 Å². The SMILES string of the molecule is CNc1nc(C(=O)NCC(C)(C)C)cc2ccccc12. The van der Waals surface area contributed by atoms with Crippen LogP contribution in [0.1, 0.15) is 31.3 Å². The van der Waals surface area contributed by atoms with Crippen LogP contribution in [0.25, 0.3) is 10.8 Å². The molecule has 0 radical (unpaired) electrons. The van der Waals surface area contributed by atoms with Gasteiger partial charge in [-0.1, -0.05) is 45.0 Å². The molecule has 2 rings (SSSR count). The number of pyridine rings is 1. The summed E-state index contributed by atoms with van der Waals surface area (Å²) in [6.07, 6.45) is 0. The summed E-state index contributed by atoms with van der Waals surface area (Å²) in [5.41, 5.74) is 0.496. The molecule has 0 fully saturated rings. The van der Waals surface area contributed by atoms with Gasteiger partial charge >= 0.3 is 0 Å². The Morgan fingerprint density at radius 2 is 1.95 bits per heavy atom. The third kappa shape index (κ3) is 3.26. The third-order valence-corrected chi connectivity index (χ3v) is 2.99. The lowest BCUT2D eigenvalue weighted by molar-refractivity contribution is 0.0934. The molecule has 0 aliphatic rings. The summed E-state index contributed by atoms with van der Waals surface area (Å²) in [5.74, 6) is 0.589. The molecule has 0 aliphatic heterocycles. The molecular formula is C16H21N3O. The van der Waals surface area contributed by atoms with E-state index in [9.17, 15) is 4.79 Å². The van der Waals surface area contributed by atoms with E-state index in [4.69, 9.17) is 0 Å². The molecule has 4 heteroatoms. The molecule has 1 amide bonds. The lowest BCUT2D eigenvalue weighted by atomic mass is 9.97. The molecule has 106 valence electrons. The van der Waals surface area contributed by atoms with Crippen molar-refractivity contribution in [2.45, 2.75) is 20.8 Å². The van der Waals surface area contributed by atoms with Crippen LogP contribution in [0, 0.1) is 5.41 Å². The number of hydrogen-bond donors (Lipinski definition) is 2. The van der Waals surface area contributed by atoms with Crippen molar-refractivity contribution in [3.63, 3.8) is 0 Å². The van der Waals surface area contributed by atoms with Gasteiger partial charge in [0.15, 0.2) is 0 Å². The Balaban J connectivity index is 2.33. The zero-order chi connectivity index (χ0) is 14.8. The van der Waals surface area contributed by atoms with Gasteiger partial charge in [-0.05, 0) is 16.9 Å². The minimum Gasteiger partial charge on any atom is -0.373 e. The standard InChI is InChI=1S/C16H21N3O/c1-16(2,3)10-18-15(20)13-9-11-7-5-6-8-12(11)14(17-4)19-13/h5-9H,10H2,1-4H3,(H,17,19)(H,18,20). The Bertz CT molecular complexity index is 629. The molecule has 0 unspecified atom stereocenters. The predicted octanol–water partition coefficient (Wildman–Crippen LogP) is 3.05. The zero-order valence-electron chi connectivity index (χ0n) is 12.4. The van der Waals surface area contributed by atoms with Crippen molar-refractivity contribution >= 4 is 22.5 Å². The highest BCUT2D eigenvalue weighted by molar-refractivity contribution is 6.00. The number of fused-ring (bicyclic) bond motifs is 1. The Labute approximate surface area is 119 Å². The van der Waals surface area contributed by atoms with Crippen molar-refractivity contribution < 1.29 is 4.79 Å².